The number of hydrogen-bond acceptors (Lipinski definition) is 4. The predicted molar refractivity (Wildman–Crippen MR) is 73.2 cm³/mol. The smallest absolute Gasteiger partial charge is 0.508 e. The third kappa shape index (κ3) is 3.32. The van der Waals surface area contributed by atoms with Gasteiger partial charge in [-0.1, -0.05) is 29.2 Å². The first-order valence-corrected chi connectivity index (χ1v) is 7.55. The number of benzene rings is 2. The van der Waals surface area contributed by atoms with Crippen molar-refractivity contribution in [3.05, 3.63) is 42.0 Å². The van der Waals surface area contributed by atoms with Crippen molar-refractivity contribution in [1.82, 2.24) is 4.89 Å². The highest BCUT2D eigenvalue weighted by Crippen LogP contribution is 2.31. The van der Waals surface area contributed by atoms with Crippen molar-refractivity contribution in [2.75, 3.05) is 0 Å². The Labute approximate surface area is 124 Å². The van der Waals surface area contributed by atoms with Crippen molar-refractivity contribution < 1.29 is 31.5 Å². The summed E-state index contributed by atoms with van der Waals surface area (Å²) in [5.41, 5.74) is -5.32. The Hall–Kier alpha value is -1.84. The molecule has 2 aromatic rings. The molecule has 0 aliphatic heterocycles. The van der Waals surface area contributed by atoms with Gasteiger partial charge in [0.05, 0.1) is 0 Å². The van der Waals surface area contributed by atoms with E-state index in [-0.39, 0.29) is 11.3 Å². The lowest BCUT2D eigenvalue weighted by Gasteiger charge is -2.16. The van der Waals surface area contributed by atoms with Crippen LogP contribution in [0.4, 0.5) is 13.2 Å². The second-order valence-corrected chi connectivity index (χ2v) is 6.19. The van der Waals surface area contributed by atoms with Crippen LogP contribution in [0, 0.1) is 0 Å². The molecule has 0 bridgehead atoms. The molecule has 0 heterocycles. The average molecular weight is 335 g/mol. The second kappa shape index (κ2) is 5.75. The van der Waals surface area contributed by atoms with Crippen molar-refractivity contribution in [3.63, 3.8) is 0 Å². The van der Waals surface area contributed by atoms with Crippen molar-refractivity contribution in [2.24, 2.45) is 0 Å². The fraction of sp³-hybridized carbons (Fsp3) is 0.231. The molecule has 0 saturated heterocycles. The van der Waals surface area contributed by atoms with Gasteiger partial charge in [-0.25, -0.2) is 8.42 Å². The molecule has 0 fully saturated rings. The molecule has 120 valence electrons. The first-order chi connectivity index (χ1) is 10.1. The minimum Gasteiger partial charge on any atom is -0.508 e. The van der Waals surface area contributed by atoms with Crippen molar-refractivity contribution in [2.45, 2.75) is 18.5 Å². The molecule has 0 aliphatic carbocycles. The summed E-state index contributed by atoms with van der Waals surface area (Å²) < 4.78 is 58.3. The Morgan fingerprint density at radius 3 is 2.27 bits per heavy atom. The Bertz CT molecular complexity index is 789. The molecule has 1 unspecified atom stereocenters. The van der Waals surface area contributed by atoms with Crippen LogP contribution in [0.25, 0.3) is 10.8 Å². The molecule has 0 saturated carbocycles. The average Bonchev–Trinajstić information content (AvgIpc) is 2.43. The number of nitrogens with one attached hydrogen (secondary N) is 1. The second-order valence-electron chi connectivity index (χ2n) is 4.55. The lowest BCUT2D eigenvalue weighted by Crippen LogP contribution is -2.37. The molecular weight excluding hydrogens is 323 g/mol. The number of rotatable bonds is 4. The van der Waals surface area contributed by atoms with E-state index in [1.54, 1.807) is 24.3 Å². The number of sulfonamides is 1. The Morgan fingerprint density at radius 1 is 1.18 bits per heavy atom. The van der Waals surface area contributed by atoms with Crippen LogP contribution in [0.15, 0.2) is 36.4 Å². The minimum absolute atomic E-state index is 0.156. The number of phenols is 1. The maximum Gasteiger partial charge on any atom is 0.513 e. The largest absolute Gasteiger partial charge is 0.513 e. The Morgan fingerprint density at radius 2 is 1.73 bits per heavy atom. The molecule has 0 radical (unpaired) electrons. The fourth-order valence-electron chi connectivity index (χ4n) is 1.82. The van der Waals surface area contributed by atoms with Gasteiger partial charge in [0.2, 0.25) is 0 Å². The van der Waals surface area contributed by atoms with Gasteiger partial charge in [0.25, 0.3) is 0 Å². The first kappa shape index (κ1) is 16.5. The van der Waals surface area contributed by atoms with Gasteiger partial charge in [0.1, 0.15) is 11.9 Å². The third-order valence-electron chi connectivity index (χ3n) is 2.97. The lowest BCUT2D eigenvalue weighted by atomic mass is 10.0. The SMILES string of the molecule is CC(ONS(=O)(=O)C(F)(F)F)c1cc2ccccc2cc1O. The van der Waals surface area contributed by atoms with Crippen molar-refractivity contribution >= 4 is 20.8 Å². The van der Waals surface area contributed by atoms with Crippen LogP contribution in [-0.4, -0.2) is 19.0 Å². The van der Waals surface area contributed by atoms with Gasteiger partial charge in [0, 0.05) is 5.56 Å². The topological polar surface area (TPSA) is 75.6 Å². The quantitative estimate of drug-likeness (QED) is 0.842. The van der Waals surface area contributed by atoms with Gasteiger partial charge in [-0.2, -0.15) is 13.2 Å². The highest BCUT2D eigenvalue weighted by Gasteiger charge is 2.46. The van der Waals surface area contributed by atoms with Gasteiger partial charge in [-0.05, 0) is 29.8 Å². The number of fused-ring (bicyclic) bond motifs is 1. The fourth-order valence-corrected chi connectivity index (χ4v) is 2.18. The van der Waals surface area contributed by atoms with E-state index in [0.29, 0.717) is 0 Å². The number of hydrogen-bond donors (Lipinski definition) is 2. The summed E-state index contributed by atoms with van der Waals surface area (Å²) in [5.74, 6) is -0.211. The summed E-state index contributed by atoms with van der Waals surface area (Å²) in [4.78, 5) is 5.54. The molecule has 2 rings (SSSR count). The molecule has 0 aromatic heterocycles. The molecule has 0 spiro atoms. The summed E-state index contributed by atoms with van der Waals surface area (Å²) in [6, 6.07) is 9.93. The summed E-state index contributed by atoms with van der Waals surface area (Å²) in [6.07, 6.45) is -1.12. The maximum absolute atomic E-state index is 12.2. The molecule has 9 heteroatoms. The van der Waals surface area contributed by atoms with E-state index in [1.165, 1.54) is 19.1 Å². The van der Waals surface area contributed by atoms with Gasteiger partial charge < -0.3 is 5.11 Å². The normalized spacial score (nSPS) is 14.2. The Balaban J connectivity index is 2.23. The minimum atomic E-state index is -5.61. The number of alkyl halides is 3. The molecule has 5 nitrogen and oxygen atoms in total. The lowest BCUT2D eigenvalue weighted by molar-refractivity contribution is -0.0566. The molecule has 1 atom stereocenters. The number of aromatic hydroxyl groups is 1. The molecule has 0 amide bonds. The highest BCUT2D eigenvalue weighted by molar-refractivity contribution is 7.90. The van der Waals surface area contributed by atoms with Crippen LogP contribution in [0.3, 0.4) is 0 Å². The van der Waals surface area contributed by atoms with E-state index in [4.69, 9.17) is 0 Å². The van der Waals surface area contributed by atoms with E-state index in [1.807, 2.05) is 0 Å². The third-order valence-corrected chi connectivity index (χ3v) is 3.90. The number of phenolic OH excluding ortho intramolecular Hbond substituents is 1. The zero-order chi connectivity index (χ0) is 16.5. The van der Waals surface area contributed by atoms with Crippen LogP contribution in [-0.2, 0) is 14.9 Å². The van der Waals surface area contributed by atoms with Gasteiger partial charge in [-0.3, -0.25) is 4.84 Å². The van der Waals surface area contributed by atoms with Gasteiger partial charge >= 0.3 is 15.5 Å². The highest BCUT2D eigenvalue weighted by atomic mass is 32.2. The Kier molecular flexibility index (Phi) is 4.32. The molecular formula is C13H12F3NO4S. The first-order valence-electron chi connectivity index (χ1n) is 6.07. The van der Waals surface area contributed by atoms with E-state index < -0.39 is 21.6 Å². The summed E-state index contributed by atoms with van der Waals surface area (Å²) in [5, 5.41) is 11.3. The maximum atomic E-state index is 12.2. The van der Waals surface area contributed by atoms with E-state index >= 15 is 0 Å². The van der Waals surface area contributed by atoms with Crippen LogP contribution in [0.2, 0.25) is 0 Å². The van der Waals surface area contributed by atoms with E-state index in [2.05, 4.69) is 4.84 Å². The molecule has 0 aliphatic rings. The molecule has 2 N–H and O–H groups in total. The predicted octanol–water partition coefficient (Wildman–Crippen LogP) is 2.98. The standard InChI is InChI=1S/C13H12F3NO4S/c1-8(21-17-22(19,20)13(14,15)16)11-6-9-4-2-3-5-10(9)7-12(11)18/h2-8,17-18H,1H3. The summed E-state index contributed by atoms with van der Waals surface area (Å²) >= 11 is 0. The van der Waals surface area contributed by atoms with Gasteiger partial charge in [0.15, 0.2) is 0 Å². The molecule has 22 heavy (non-hydrogen) atoms. The van der Waals surface area contributed by atoms with Gasteiger partial charge in [-0.15, -0.1) is 0 Å². The van der Waals surface area contributed by atoms with Crippen LogP contribution >= 0.6 is 0 Å². The van der Waals surface area contributed by atoms with Crippen molar-refractivity contribution in [1.29, 1.82) is 0 Å². The summed E-state index contributed by atoms with van der Waals surface area (Å²) in [6.45, 7) is 1.31. The summed E-state index contributed by atoms with van der Waals surface area (Å²) in [7, 11) is -5.61. The van der Waals surface area contributed by atoms with Crippen LogP contribution in [0.1, 0.15) is 18.6 Å². The number of halogens is 3. The van der Waals surface area contributed by atoms with Crippen LogP contribution in [0.5, 0.6) is 5.75 Å². The van der Waals surface area contributed by atoms with E-state index in [0.717, 1.165) is 15.7 Å². The zero-order valence-corrected chi connectivity index (χ0v) is 12.1. The van der Waals surface area contributed by atoms with E-state index in [9.17, 15) is 26.7 Å². The molecule has 2 aromatic carbocycles. The van der Waals surface area contributed by atoms with Crippen molar-refractivity contribution in [3.8, 4) is 5.75 Å². The van der Waals surface area contributed by atoms with Crippen LogP contribution < -0.4 is 4.89 Å². The zero-order valence-electron chi connectivity index (χ0n) is 11.3. The monoisotopic (exact) mass is 335 g/mol.